The van der Waals surface area contributed by atoms with Gasteiger partial charge in [-0.25, -0.2) is 8.78 Å². The number of benzene rings is 1. The Morgan fingerprint density at radius 3 is 2.70 bits per heavy atom. The summed E-state index contributed by atoms with van der Waals surface area (Å²) in [5.74, 6) is 0.853. The first-order valence-electron chi connectivity index (χ1n) is 5.90. The van der Waals surface area contributed by atoms with Crippen LogP contribution in [0.25, 0.3) is 0 Å². The van der Waals surface area contributed by atoms with Crippen LogP contribution in [0.4, 0.5) is 14.6 Å². The predicted octanol–water partition coefficient (Wildman–Crippen LogP) is 3.19. The molecule has 20 heavy (non-hydrogen) atoms. The van der Waals surface area contributed by atoms with Gasteiger partial charge >= 0.3 is 0 Å². The zero-order valence-corrected chi connectivity index (χ0v) is 10.7. The van der Waals surface area contributed by atoms with Crippen LogP contribution in [-0.4, -0.2) is 16.6 Å². The maximum Gasteiger partial charge on any atom is 0.263 e. The minimum Gasteiger partial charge on any atom is -0.490 e. The minimum atomic E-state index is -2.57. The van der Waals surface area contributed by atoms with E-state index in [1.807, 2.05) is 0 Å². The number of ether oxygens (including phenoxy) is 2. The first-order valence-corrected chi connectivity index (χ1v) is 5.90. The number of hydrogen-bond donors (Lipinski definition) is 1. The normalized spacial score (nSPS) is 10.6. The van der Waals surface area contributed by atoms with Gasteiger partial charge in [0.05, 0.1) is 19.0 Å². The number of halogens is 2. The number of anilines is 1. The van der Waals surface area contributed by atoms with Gasteiger partial charge in [-0.1, -0.05) is 0 Å². The summed E-state index contributed by atoms with van der Waals surface area (Å²) in [5.41, 5.74) is 5.35. The number of nitrogen functional groups attached to an aromatic ring is 1. The molecule has 0 saturated heterocycles. The van der Waals surface area contributed by atoms with Crippen LogP contribution in [0, 0.1) is 0 Å². The predicted molar refractivity (Wildman–Crippen MR) is 69.1 cm³/mol. The fraction of sp³-hybridized carbons (Fsp3) is 0.231. The Morgan fingerprint density at radius 2 is 2.05 bits per heavy atom. The first kappa shape index (κ1) is 14.0. The SMILES string of the molecule is CCOc1cc(C(F)F)ccc1Oc1cncc(N)n1. The van der Waals surface area contributed by atoms with Crippen LogP contribution in [-0.2, 0) is 0 Å². The van der Waals surface area contributed by atoms with Crippen molar-refractivity contribution in [2.45, 2.75) is 13.3 Å². The van der Waals surface area contributed by atoms with E-state index < -0.39 is 6.43 Å². The fourth-order valence-corrected chi connectivity index (χ4v) is 1.54. The summed E-state index contributed by atoms with van der Waals surface area (Å²) >= 11 is 0. The van der Waals surface area contributed by atoms with Crippen LogP contribution in [0.2, 0.25) is 0 Å². The molecule has 0 spiro atoms. The first-order chi connectivity index (χ1) is 9.60. The van der Waals surface area contributed by atoms with Crippen LogP contribution >= 0.6 is 0 Å². The van der Waals surface area contributed by atoms with Gasteiger partial charge in [0, 0.05) is 5.56 Å². The molecular formula is C13H13F2N3O2. The van der Waals surface area contributed by atoms with Crippen molar-refractivity contribution in [1.29, 1.82) is 0 Å². The second-order valence-corrected chi connectivity index (χ2v) is 3.82. The molecule has 0 radical (unpaired) electrons. The van der Waals surface area contributed by atoms with Crippen LogP contribution in [0.15, 0.2) is 30.6 Å². The molecule has 0 amide bonds. The van der Waals surface area contributed by atoms with Crippen molar-refractivity contribution in [3.05, 3.63) is 36.2 Å². The molecule has 1 aromatic heterocycles. The van der Waals surface area contributed by atoms with E-state index in [0.29, 0.717) is 6.61 Å². The molecular weight excluding hydrogens is 268 g/mol. The second kappa shape index (κ2) is 6.14. The molecule has 0 saturated carbocycles. The largest absolute Gasteiger partial charge is 0.490 e. The van der Waals surface area contributed by atoms with Crippen molar-refractivity contribution in [1.82, 2.24) is 9.97 Å². The van der Waals surface area contributed by atoms with E-state index in [4.69, 9.17) is 15.2 Å². The molecule has 0 aliphatic heterocycles. The van der Waals surface area contributed by atoms with Crippen molar-refractivity contribution in [3.8, 4) is 17.4 Å². The van der Waals surface area contributed by atoms with Crippen molar-refractivity contribution >= 4 is 5.82 Å². The van der Waals surface area contributed by atoms with Crippen molar-refractivity contribution in [2.75, 3.05) is 12.3 Å². The standard InChI is InChI=1S/C13H13F2N3O2/c1-2-19-10-5-8(13(14)15)3-4-9(10)20-12-7-17-6-11(16)18-12/h3-7,13H,2H2,1H3,(H2,16,18). The van der Waals surface area contributed by atoms with Crippen LogP contribution in [0.5, 0.6) is 17.4 Å². The van der Waals surface area contributed by atoms with Crippen molar-refractivity contribution in [3.63, 3.8) is 0 Å². The summed E-state index contributed by atoms with van der Waals surface area (Å²) < 4.78 is 36.1. The van der Waals surface area contributed by atoms with Gasteiger partial charge in [-0.3, -0.25) is 4.98 Å². The van der Waals surface area contributed by atoms with Crippen molar-refractivity contribution < 1.29 is 18.3 Å². The van der Waals surface area contributed by atoms with E-state index in [1.54, 1.807) is 6.92 Å². The molecule has 2 aromatic rings. The molecule has 0 aliphatic rings. The molecule has 106 valence electrons. The Balaban J connectivity index is 2.30. The number of alkyl halides is 2. The molecule has 1 heterocycles. The van der Waals surface area contributed by atoms with E-state index >= 15 is 0 Å². The number of nitrogens with zero attached hydrogens (tertiary/aromatic N) is 2. The second-order valence-electron chi connectivity index (χ2n) is 3.82. The van der Waals surface area contributed by atoms with Gasteiger partial charge in [0.15, 0.2) is 11.5 Å². The van der Waals surface area contributed by atoms with Crippen LogP contribution in [0.3, 0.4) is 0 Å². The maximum atomic E-state index is 12.7. The zero-order chi connectivity index (χ0) is 14.5. The lowest BCUT2D eigenvalue weighted by atomic mass is 10.2. The van der Waals surface area contributed by atoms with Crippen LogP contribution < -0.4 is 15.2 Å². The third kappa shape index (κ3) is 3.31. The summed E-state index contributed by atoms with van der Waals surface area (Å²) in [7, 11) is 0. The third-order valence-electron chi connectivity index (χ3n) is 2.37. The highest BCUT2D eigenvalue weighted by Gasteiger charge is 2.13. The molecule has 0 unspecified atom stereocenters. The van der Waals surface area contributed by atoms with E-state index in [0.717, 1.165) is 0 Å². The molecule has 0 bridgehead atoms. The molecule has 2 rings (SSSR count). The van der Waals surface area contributed by atoms with Crippen molar-refractivity contribution in [2.24, 2.45) is 0 Å². The van der Waals surface area contributed by atoms with E-state index in [-0.39, 0.29) is 28.8 Å². The number of aromatic nitrogens is 2. The summed E-state index contributed by atoms with van der Waals surface area (Å²) in [6.07, 6.45) is 0.166. The molecule has 1 aromatic carbocycles. The third-order valence-corrected chi connectivity index (χ3v) is 2.37. The Morgan fingerprint density at radius 1 is 1.25 bits per heavy atom. The smallest absolute Gasteiger partial charge is 0.263 e. The minimum absolute atomic E-state index is 0.139. The molecule has 2 N–H and O–H groups in total. The lowest BCUT2D eigenvalue weighted by Gasteiger charge is -2.12. The van der Waals surface area contributed by atoms with Gasteiger partial charge in [0.25, 0.3) is 6.43 Å². The summed E-state index contributed by atoms with van der Waals surface area (Å²) in [6, 6.07) is 3.91. The zero-order valence-electron chi connectivity index (χ0n) is 10.7. The highest BCUT2D eigenvalue weighted by molar-refractivity contribution is 5.45. The van der Waals surface area contributed by atoms with Gasteiger partial charge in [-0.05, 0) is 25.1 Å². The van der Waals surface area contributed by atoms with E-state index in [2.05, 4.69) is 9.97 Å². The molecule has 7 heteroatoms. The molecule has 0 aliphatic carbocycles. The Kier molecular flexibility index (Phi) is 4.29. The number of hydrogen-bond acceptors (Lipinski definition) is 5. The highest BCUT2D eigenvalue weighted by atomic mass is 19.3. The Bertz CT molecular complexity index is 594. The topological polar surface area (TPSA) is 70.3 Å². The quantitative estimate of drug-likeness (QED) is 0.911. The van der Waals surface area contributed by atoms with E-state index in [1.165, 1.54) is 30.6 Å². The highest BCUT2D eigenvalue weighted by Crippen LogP contribution is 2.34. The summed E-state index contributed by atoms with van der Waals surface area (Å²) in [4.78, 5) is 7.75. The number of nitrogens with two attached hydrogens (primary N) is 1. The Hall–Kier alpha value is -2.44. The van der Waals surface area contributed by atoms with Gasteiger partial charge in [0.1, 0.15) is 5.82 Å². The lowest BCUT2D eigenvalue weighted by Crippen LogP contribution is -1.99. The van der Waals surface area contributed by atoms with Gasteiger partial charge in [-0.2, -0.15) is 4.98 Å². The van der Waals surface area contributed by atoms with Crippen LogP contribution in [0.1, 0.15) is 18.9 Å². The summed E-state index contributed by atoms with van der Waals surface area (Å²) in [6.45, 7) is 2.07. The van der Waals surface area contributed by atoms with Gasteiger partial charge in [-0.15, -0.1) is 0 Å². The van der Waals surface area contributed by atoms with E-state index in [9.17, 15) is 8.78 Å². The lowest BCUT2D eigenvalue weighted by molar-refractivity contribution is 0.150. The molecule has 0 atom stereocenters. The average molecular weight is 281 g/mol. The fourth-order valence-electron chi connectivity index (χ4n) is 1.54. The van der Waals surface area contributed by atoms with Gasteiger partial charge < -0.3 is 15.2 Å². The monoisotopic (exact) mass is 281 g/mol. The number of rotatable bonds is 5. The average Bonchev–Trinajstić information content (AvgIpc) is 2.41. The molecule has 0 fully saturated rings. The Labute approximate surface area is 114 Å². The summed E-state index contributed by atoms with van der Waals surface area (Å²) in [5, 5.41) is 0. The van der Waals surface area contributed by atoms with Gasteiger partial charge in [0.2, 0.25) is 5.88 Å². The molecule has 5 nitrogen and oxygen atoms in total. The maximum absolute atomic E-state index is 12.7.